The standard InChI is InChI=1S/C17H25N5/c1-13(2)22-8-4-5-14(12-22)9-15-10-18-11-16(20-15)17-6-7-19-21(17)3/h6-7,10-11,13-14H,4-5,8-9,12H2,1-3H3. The van der Waals surface area contributed by atoms with Crippen LogP contribution in [0.5, 0.6) is 0 Å². The lowest BCUT2D eigenvalue weighted by atomic mass is 9.93. The highest BCUT2D eigenvalue weighted by molar-refractivity contribution is 5.52. The Hall–Kier alpha value is -1.75. The molecule has 1 aliphatic rings. The number of hydrogen-bond donors (Lipinski definition) is 0. The maximum Gasteiger partial charge on any atom is 0.107 e. The molecular weight excluding hydrogens is 274 g/mol. The lowest BCUT2D eigenvalue weighted by Gasteiger charge is -2.35. The summed E-state index contributed by atoms with van der Waals surface area (Å²) in [6.07, 6.45) is 9.13. The molecule has 1 fully saturated rings. The van der Waals surface area contributed by atoms with Crippen LogP contribution < -0.4 is 0 Å². The summed E-state index contributed by atoms with van der Waals surface area (Å²) in [5.74, 6) is 0.687. The van der Waals surface area contributed by atoms with Gasteiger partial charge in [0, 0.05) is 32.0 Å². The minimum absolute atomic E-state index is 0.634. The van der Waals surface area contributed by atoms with Gasteiger partial charge in [0.25, 0.3) is 0 Å². The number of piperidine rings is 1. The number of aromatic nitrogens is 4. The Kier molecular flexibility index (Phi) is 4.52. The van der Waals surface area contributed by atoms with Gasteiger partial charge in [-0.1, -0.05) is 0 Å². The molecule has 0 aliphatic carbocycles. The first-order chi connectivity index (χ1) is 10.6. The van der Waals surface area contributed by atoms with Crippen molar-refractivity contribution in [1.29, 1.82) is 0 Å². The van der Waals surface area contributed by atoms with Crippen molar-refractivity contribution in [2.24, 2.45) is 13.0 Å². The van der Waals surface area contributed by atoms with Crippen molar-refractivity contribution >= 4 is 0 Å². The highest BCUT2D eigenvalue weighted by Crippen LogP contribution is 2.22. The van der Waals surface area contributed by atoms with Crippen LogP contribution in [0.1, 0.15) is 32.4 Å². The number of nitrogens with zero attached hydrogens (tertiary/aromatic N) is 5. The Labute approximate surface area is 132 Å². The van der Waals surface area contributed by atoms with Crippen LogP contribution in [0.15, 0.2) is 24.7 Å². The number of rotatable bonds is 4. The summed E-state index contributed by atoms with van der Waals surface area (Å²) in [5.41, 5.74) is 3.02. The van der Waals surface area contributed by atoms with Gasteiger partial charge in [0.2, 0.25) is 0 Å². The summed E-state index contributed by atoms with van der Waals surface area (Å²) < 4.78 is 1.84. The Morgan fingerprint density at radius 2 is 2.18 bits per heavy atom. The van der Waals surface area contributed by atoms with Crippen LogP contribution in [0.3, 0.4) is 0 Å². The molecule has 0 aromatic carbocycles. The molecule has 22 heavy (non-hydrogen) atoms. The fourth-order valence-electron chi connectivity index (χ4n) is 3.28. The molecule has 0 spiro atoms. The second kappa shape index (κ2) is 6.57. The van der Waals surface area contributed by atoms with Gasteiger partial charge in [0.15, 0.2) is 0 Å². The first kappa shape index (κ1) is 15.2. The molecular formula is C17H25N5. The molecule has 5 nitrogen and oxygen atoms in total. The maximum atomic E-state index is 4.80. The van der Waals surface area contributed by atoms with Gasteiger partial charge < -0.3 is 4.90 Å². The van der Waals surface area contributed by atoms with Gasteiger partial charge in [0.1, 0.15) is 5.69 Å². The molecule has 1 aliphatic heterocycles. The van der Waals surface area contributed by atoms with Gasteiger partial charge in [-0.15, -0.1) is 0 Å². The highest BCUT2D eigenvalue weighted by Gasteiger charge is 2.22. The first-order valence-electron chi connectivity index (χ1n) is 8.17. The van der Waals surface area contributed by atoms with Crippen LogP contribution in [0.2, 0.25) is 0 Å². The zero-order chi connectivity index (χ0) is 15.5. The van der Waals surface area contributed by atoms with E-state index in [0.717, 1.165) is 23.5 Å². The van der Waals surface area contributed by atoms with Gasteiger partial charge in [0.05, 0.1) is 17.6 Å². The summed E-state index contributed by atoms with van der Waals surface area (Å²) >= 11 is 0. The third kappa shape index (κ3) is 3.35. The van der Waals surface area contributed by atoms with Crippen molar-refractivity contribution in [3.8, 4) is 11.4 Å². The minimum atomic E-state index is 0.634. The Bertz CT molecular complexity index is 619. The average molecular weight is 299 g/mol. The zero-order valence-electron chi connectivity index (χ0n) is 13.7. The summed E-state index contributed by atoms with van der Waals surface area (Å²) in [4.78, 5) is 11.8. The molecule has 0 amide bonds. The van der Waals surface area contributed by atoms with E-state index in [1.54, 1.807) is 6.20 Å². The van der Waals surface area contributed by atoms with Gasteiger partial charge in [-0.25, -0.2) is 4.98 Å². The van der Waals surface area contributed by atoms with Crippen molar-refractivity contribution in [2.45, 2.75) is 39.2 Å². The van der Waals surface area contributed by atoms with Crippen LogP contribution >= 0.6 is 0 Å². The van der Waals surface area contributed by atoms with E-state index in [1.807, 2.05) is 30.2 Å². The van der Waals surface area contributed by atoms with Crippen molar-refractivity contribution in [3.05, 3.63) is 30.4 Å². The number of aryl methyl sites for hydroxylation is 1. The molecule has 3 rings (SSSR count). The average Bonchev–Trinajstić information content (AvgIpc) is 2.94. The Balaban J connectivity index is 1.72. The molecule has 5 heteroatoms. The molecule has 2 aromatic rings. The Morgan fingerprint density at radius 1 is 1.32 bits per heavy atom. The van der Waals surface area contributed by atoms with Gasteiger partial charge in [-0.3, -0.25) is 9.67 Å². The largest absolute Gasteiger partial charge is 0.301 e. The predicted molar refractivity (Wildman–Crippen MR) is 87.4 cm³/mol. The third-order valence-corrected chi connectivity index (χ3v) is 4.55. The van der Waals surface area contributed by atoms with Crippen molar-refractivity contribution in [3.63, 3.8) is 0 Å². The maximum absolute atomic E-state index is 4.80. The molecule has 1 saturated heterocycles. The molecule has 0 bridgehead atoms. The molecule has 0 N–H and O–H groups in total. The van der Waals surface area contributed by atoms with E-state index in [1.165, 1.54) is 25.9 Å². The monoisotopic (exact) mass is 299 g/mol. The van der Waals surface area contributed by atoms with E-state index in [4.69, 9.17) is 4.98 Å². The van der Waals surface area contributed by atoms with E-state index in [9.17, 15) is 0 Å². The molecule has 118 valence electrons. The van der Waals surface area contributed by atoms with E-state index in [-0.39, 0.29) is 0 Å². The zero-order valence-corrected chi connectivity index (χ0v) is 13.7. The van der Waals surface area contributed by atoms with Crippen LogP contribution in [0.4, 0.5) is 0 Å². The molecule has 2 aromatic heterocycles. The topological polar surface area (TPSA) is 46.8 Å². The SMILES string of the molecule is CC(C)N1CCCC(Cc2cncc(-c3ccnn3C)n2)C1. The van der Waals surface area contributed by atoms with Gasteiger partial charge in [-0.05, 0) is 51.6 Å². The quantitative estimate of drug-likeness (QED) is 0.870. The van der Waals surface area contributed by atoms with E-state index in [0.29, 0.717) is 12.0 Å². The number of hydrogen-bond acceptors (Lipinski definition) is 4. The van der Waals surface area contributed by atoms with E-state index < -0.39 is 0 Å². The predicted octanol–water partition coefficient (Wildman–Crippen LogP) is 2.54. The fraction of sp³-hybridized carbons (Fsp3) is 0.588. The summed E-state index contributed by atoms with van der Waals surface area (Å²) in [6, 6.07) is 2.61. The molecule has 1 atom stereocenters. The molecule has 1 unspecified atom stereocenters. The van der Waals surface area contributed by atoms with Gasteiger partial charge in [-0.2, -0.15) is 5.10 Å². The summed E-state index contributed by atoms with van der Waals surface area (Å²) in [5, 5.41) is 4.21. The molecule has 0 saturated carbocycles. The summed E-state index contributed by atoms with van der Waals surface area (Å²) in [6.45, 7) is 6.97. The van der Waals surface area contributed by atoms with Crippen LogP contribution in [0, 0.1) is 5.92 Å². The summed E-state index contributed by atoms with van der Waals surface area (Å²) in [7, 11) is 1.94. The van der Waals surface area contributed by atoms with Crippen molar-refractivity contribution in [2.75, 3.05) is 13.1 Å². The smallest absolute Gasteiger partial charge is 0.107 e. The lowest BCUT2D eigenvalue weighted by Crippen LogP contribution is -2.40. The normalized spacial score (nSPS) is 19.7. The van der Waals surface area contributed by atoms with E-state index in [2.05, 4.69) is 28.8 Å². The van der Waals surface area contributed by atoms with E-state index >= 15 is 0 Å². The van der Waals surface area contributed by atoms with Crippen molar-refractivity contribution < 1.29 is 0 Å². The second-order valence-corrected chi connectivity index (χ2v) is 6.54. The minimum Gasteiger partial charge on any atom is -0.301 e. The Morgan fingerprint density at radius 3 is 2.91 bits per heavy atom. The fourth-order valence-corrected chi connectivity index (χ4v) is 3.28. The first-order valence-corrected chi connectivity index (χ1v) is 8.17. The highest BCUT2D eigenvalue weighted by atomic mass is 15.3. The lowest BCUT2D eigenvalue weighted by molar-refractivity contribution is 0.139. The van der Waals surface area contributed by atoms with Crippen molar-refractivity contribution in [1.82, 2.24) is 24.6 Å². The van der Waals surface area contributed by atoms with Gasteiger partial charge >= 0.3 is 0 Å². The molecule has 0 radical (unpaired) electrons. The third-order valence-electron chi connectivity index (χ3n) is 4.55. The molecule has 3 heterocycles. The van der Waals surface area contributed by atoms with Crippen LogP contribution in [-0.2, 0) is 13.5 Å². The van der Waals surface area contributed by atoms with Crippen LogP contribution in [0.25, 0.3) is 11.4 Å². The van der Waals surface area contributed by atoms with Crippen LogP contribution in [-0.4, -0.2) is 43.8 Å². The second-order valence-electron chi connectivity index (χ2n) is 6.54. The number of likely N-dealkylation sites (tertiary alicyclic amines) is 1.